The number of aliphatic hydroxyl groups excluding tert-OH is 2. The van der Waals surface area contributed by atoms with E-state index in [4.69, 9.17) is 9.94 Å². The first-order chi connectivity index (χ1) is 8.70. The Kier molecular flexibility index (Phi) is 4.30. The van der Waals surface area contributed by atoms with Gasteiger partial charge in [0.25, 0.3) is 0 Å². The predicted molar refractivity (Wildman–Crippen MR) is 64.6 cm³/mol. The molecule has 1 saturated heterocycles. The smallest absolute Gasteiger partial charge is 0.357 e. The lowest BCUT2D eigenvalue weighted by molar-refractivity contribution is -0.157. The highest BCUT2D eigenvalue weighted by molar-refractivity contribution is 5.89. The predicted octanol–water partition coefficient (Wildman–Crippen LogP) is 0.433. The van der Waals surface area contributed by atoms with Crippen LogP contribution in [0.4, 0.5) is 0 Å². The van der Waals surface area contributed by atoms with Crippen molar-refractivity contribution in [1.82, 2.24) is 5.06 Å². The van der Waals surface area contributed by atoms with Gasteiger partial charge in [0.15, 0.2) is 0 Å². The zero-order valence-electron chi connectivity index (χ0n) is 10.0. The number of piperidine rings is 1. The van der Waals surface area contributed by atoms with E-state index >= 15 is 0 Å². The molecule has 5 heteroatoms. The first-order valence-corrected chi connectivity index (χ1v) is 6.02. The van der Waals surface area contributed by atoms with Crippen molar-refractivity contribution in [2.45, 2.75) is 12.5 Å². The quantitative estimate of drug-likeness (QED) is 0.815. The summed E-state index contributed by atoms with van der Waals surface area (Å²) >= 11 is 0. The number of hydroxylamine groups is 2. The highest BCUT2D eigenvalue weighted by Crippen LogP contribution is 2.18. The molecule has 0 amide bonds. The molecular formula is C13H17NO4. The van der Waals surface area contributed by atoms with E-state index in [1.54, 1.807) is 24.3 Å². The molecule has 18 heavy (non-hydrogen) atoms. The molecular weight excluding hydrogens is 234 g/mol. The van der Waals surface area contributed by atoms with E-state index in [-0.39, 0.29) is 19.1 Å². The van der Waals surface area contributed by atoms with Crippen LogP contribution in [-0.2, 0) is 4.84 Å². The van der Waals surface area contributed by atoms with Crippen LogP contribution in [0.1, 0.15) is 16.8 Å². The normalized spacial score (nSPS) is 24.8. The molecule has 1 fully saturated rings. The van der Waals surface area contributed by atoms with E-state index in [1.807, 2.05) is 6.07 Å². The second-order valence-electron chi connectivity index (χ2n) is 4.43. The summed E-state index contributed by atoms with van der Waals surface area (Å²) in [5.74, 6) is -0.554. The largest absolute Gasteiger partial charge is 0.396 e. The van der Waals surface area contributed by atoms with Gasteiger partial charge >= 0.3 is 5.97 Å². The maximum absolute atomic E-state index is 11.8. The van der Waals surface area contributed by atoms with Crippen molar-refractivity contribution in [2.75, 3.05) is 19.7 Å². The van der Waals surface area contributed by atoms with E-state index in [1.165, 1.54) is 5.06 Å². The van der Waals surface area contributed by atoms with Crippen LogP contribution in [0.3, 0.4) is 0 Å². The molecule has 2 N–H and O–H groups in total. The first-order valence-electron chi connectivity index (χ1n) is 6.02. The minimum atomic E-state index is -0.660. The molecule has 0 radical (unpaired) electrons. The van der Waals surface area contributed by atoms with Gasteiger partial charge in [-0.25, -0.2) is 4.79 Å². The minimum Gasteiger partial charge on any atom is -0.396 e. The molecule has 0 spiro atoms. The lowest BCUT2D eigenvalue weighted by Crippen LogP contribution is -2.45. The lowest BCUT2D eigenvalue weighted by atomic mass is 9.96. The van der Waals surface area contributed by atoms with E-state index in [0.717, 1.165) is 0 Å². The molecule has 0 aromatic heterocycles. The van der Waals surface area contributed by atoms with E-state index in [2.05, 4.69) is 0 Å². The highest BCUT2D eigenvalue weighted by Gasteiger charge is 2.29. The van der Waals surface area contributed by atoms with Gasteiger partial charge in [-0.1, -0.05) is 18.2 Å². The molecule has 1 aliphatic rings. The molecule has 2 atom stereocenters. The lowest BCUT2D eigenvalue weighted by Gasteiger charge is -2.33. The van der Waals surface area contributed by atoms with Gasteiger partial charge in [-0.2, -0.15) is 0 Å². The number of hydrogen-bond acceptors (Lipinski definition) is 5. The Bertz CT molecular complexity index is 395. The monoisotopic (exact) mass is 251 g/mol. The molecule has 0 aliphatic carbocycles. The molecule has 0 unspecified atom stereocenters. The van der Waals surface area contributed by atoms with Crippen LogP contribution in [0.5, 0.6) is 0 Å². The fraction of sp³-hybridized carbons (Fsp3) is 0.462. The van der Waals surface area contributed by atoms with E-state index < -0.39 is 12.1 Å². The Hall–Kier alpha value is -1.43. The van der Waals surface area contributed by atoms with Crippen molar-refractivity contribution < 1.29 is 19.8 Å². The first kappa shape index (κ1) is 13.0. The van der Waals surface area contributed by atoms with Crippen LogP contribution in [0.25, 0.3) is 0 Å². The Morgan fingerprint density at radius 2 is 2.11 bits per heavy atom. The van der Waals surface area contributed by atoms with Crippen molar-refractivity contribution in [2.24, 2.45) is 5.92 Å². The fourth-order valence-corrected chi connectivity index (χ4v) is 1.99. The van der Waals surface area contributed by atoms with Crippen LogP contribution in [-0.4, -0.2) is 47.0 Å². The second kappa shape index (κ2) is 5.95. The summed E-state index contributed by atoms with van der Waals surface area (Å²) in [6.07, 6.45) is -0.0490. The average molecular weight is 251 g/mol. The molecule has 0 bridgehead atoms. The summed E-state index contributed by atoms with van der Waals surface area (Å²) in [5, 5.41) is 20.2. The SMILES string of the molecule is O=C(ON1CC[C@H](CO)[C@H](O)C1)c1ccccc1. The zero-order valence-corrected chi connectivity index (χ0v) is 10.0. The van der Waals surface area contributed by atoms with Crippen molar-refractivity contribution >= 4 is 5.97 Å². The van der Waals surface area contributed by atoms with E-state index in [0.29, 0.717) is 18.5 Å². The summed E-state index contributed by atoms with van der Waals surface area (Å²) in [7, 11) is 0. The summed E-state index contributed by atoms with van der Waals surface area (Å²) < 4.78 is 0. The Morgan fingerprint density at radius 1 is 1.39 bits per heavy atom. The van der Waals surface area contributed by atoms with E-state index in [9.17, 15) is 9.90 Å². The number of carbonyl (C=O) groups excluding carboxylic acids is 1. The van der Waals surface area contributed by atoms with Crippen LogP contribution in [0, 0.1) is 5.92 Å². The van der Waals surface area contributed by atoms with Gasteiger partial charge in [-0.3, -0.25) is 0 Å². The summed E-state index contributed by atoms with van der Waals surface area (Å²) in [5.41, 5.74) is 0.483. The highest BCUT2D eigenvalue weighted by atomic mass is 16.7. The van der Waals surface area contributed by atoms with Crippen molar-refractivity contribution in [3.8, 4) is 0 Å². The van der Waals surface area contributed by atoms with Gasteiger partial charge < -0.3 is 15.1 Å². The molecule has 1 aliphatic heterocycles. The van der Waals surface area contributed by atoms with Crippen LogP contribution < -0.4 is 0 Å². The van der Waals surface area contributed by atoms with Crippen LogP contribution in [0.2, 0.25) is 0 Å². The standard InChI is InChI=1S/C13H17NO4/c15-9-11-6-7-14(8-12(11)16)18-13(17)10-4-2-1-3-5-10/h1-5,11-12,15-16H,6-9H2/t11-,12-/m1/s1. The fourth-order valence-electron chi connectivity index (χ4n) is 1.99. The number of hydrogen-bond donors (Lipinski definition) is 2. The number of carbonyl (C=O) groups is 1. The summed E-state index contributed by atoms with van der Waals surface area (Å²) in [6.45, 7) is 0.728. The van der Waals surface area contributed by atoms with Gasteiger partial charge in [0.2, 0.25) is 0 Å². The Morgan fingerprint density at radius 3 is 2.72 bits per heavy atom. The second-order valence-corrected chi connectivity index (χ2v) is 4.43. The topological polar surface area (TPSA) is 70.0 Å². The third-order valence-electron chi connectivity index (χ3n) is 3.14. The number of rotatable bonds is 3. The average Bonchev–Trinajstić information content (AvgIpc) is 2.40. The van der Waals surface area contributed by atoms with Crippen LogP contribution in [0.15, 0.2) is 30.3 Å². The van der Waals surface area contributed by atoms with Gasteiger partial charge in [0.1, 0.15) is 0 Å². The molecule has 1 aromatic carbocycles. The minimum absolute atomic E-state index is 0.0400. The van der Waals surface area contributed by atoms with Gasteiger partial charge in [0.05, 0.1) is 18.2 Å². The third-order valence-corrected chi connectivity index (χ3v) is 3.14. The molecule has 1 aromatic rings. The number of nitrogens with zero attached hydrogens (tertiary/aromatic N) is 1. The number of benzene rings is 1. The zero-order chi connectivity index (χ0) is 13.0. The maximum Gasteiger partial charge on any atom is 0.357 e. The third kappa shape index (κ3) is 3.07. The van der Waals surface area contributed by atoms with Gasteiger partial charge in [-0.15, -0.1) is 5.06 Å². The van der Waals surface area contributed by atoms with Gasteiger partial charge in [-0.05, 0) is 18.6 Å². The number of aliphatic hydroxyl groups is 2. The molecule has 5 nitrogen and oxygen atoms in total. The maximum atomic E-state index is 11.8. The van der Waals surface area contributed by atoms with Crippen LogP contribution >= 0.6 is 0 Å². The van der Waals surface area contributed by atoms with Crippen molar-refractivity contribution in [3.63, 3.8) is 0 Å². The molecule has 1 heterocycles. The Labute approximate surface area is 106 Å². The Balaban J connectivity index is 1.89. The summed E-state index contributed by atoms with van der Waals surface area (Å²) in [4.78, 5) is 17.0. The van der Waals surface area contributed by atoms with Gasteiger partial charge in [0, 0.05) is 19.1 Å². The summed E-state index contributed by atoms with van der Waals surface area (Å²) in [6, 6.07) is 8.72. The van der Waals surface area contributed by atoms with Crippen molar-refractivity contribution in [1.29, 1.82) is 0 Å². The number of β-amino-alcohol motifs (C(OH)–C–C–N with tert-alkyl or cyclic N) is 1. The van der Waals surface area contributed by atoms with Crippen molar-refractivity contribution in [3.05, 3.63) is 35.9 Å². The molecule has 98 valence electrons. The molecule has 2 rings (SSSR count). The molecule has 0 saturated carbocycles.